The Hall–Kier alpha value is -4.15. The fraction of sp³-hybridized carbons (Fsp3) is 0.241. The number of sulfonamides is 1. The van der Waals surface area contributed by atoms with Gasteiger partial charge < -0.3 is 19.7 Å². The molecule has 0 bridgehead atoms. The van der Waals surface area contributed by atoms with E-state index in [1.807, 2.05) is 48.3 Å². The number of benzene rings is 3. The number of aromatic nitrogens is 1. The van der Waals surface area contributed by atoms with Gasteiger partial charge in [-0.05, 0) is 47.9 Å². The second-order valence-electron chi connectivity index (χ2n) is 10.00. The van der Waals surface area contributed by atoms with Crippen molar-refractivity contribution in [2.24, 2.45) is 5.14 Å². The molecule has 6 rings (SSSR count). The standard InChI is InChI=1S/C29H29N5O4S/c1-32-24-8-4-3-7-23(24)29(36)34-16-14-22-21-6-2-5-9-25(21)33(27(22)28(32)34)17-15-26(35)31-18-19-10-12-20(13-11-19)39(30,37)38/h2-13,28H,14-18H2,1H3,(H,31,35)(H2,30,37,38)/t28-/m1/s1. The van der Waals surface area contributed by atoms with Crippen LogP contribution in [0.25, 0.3) is 10.9 Å². The molecule has 1 atom stereocenters. The molecular weight excluding hydrogens is 514 g/mol. The molecule has 39 heavy (non-hydrogen) atoms. The first-order chi connectivity index (χ1) is 18.7. The van der Waals surface area contributed by atoms with E-state index < -0.39 is 10.0 Å². The molecule has 4 aromatic rings. The number of nitrogens with one attached hydrogen (secondary N) is 1. The van der Waals surface area contributed by atoms with Crippen molar-refractivity contribution in [3.63, 3.8) is 0 Å². The molecule has 3 N–H and O–H groups in total. The Bertz CT molecular complexity index is 1710. The molecule has 3 heterocycles. The third-order valence-corrected chi connectivity index (χ3v) is 8.64. The minimum atomic E-state index is -3.76. The monoisotopic (exact) mass is 543 g/mol. The van der Waals surface area contributed by atoms with Gasteiger partial charge in [0.05, 0.1) is 21.8 Å². The first-order valence-electron chi connectivity index (χ1n) is 12.9. The van der Waals surface area contributed by atoms with Gasteiger partial charge in [0.15, 0.2) is 0 Å². The van der Waals surface area contributed by atoms with Crippen molar-refractivity contribution in [3.05, 3.63) is 95.2 Å². The number of amides is 2. The Balaban J connectivity index is 1.26. The molecule has 2 amide bonds. The van der Waals surface area contributed by atoms with E-state index in [0.29, 0.717) is 18.7 Å². The Morgan fingerprint density at radius 1 is 1.03 bits per heavy atom. The number of hydrogen-bond donors (Lipinski definition) is 2. The fourth-order valence-corrected chi connectivity index (χ4v) is 6.36. The van der Waals surface area contributed by atoms with Crippen LogP contribution in [0.1, 0.15) is 39.8 Å². The van der Waals surface area contributed by atoms with Crippen molar-refractivity contribution in [3.8, 4) is 0 Å². The van der Waals surface area contributed by atoms with Crippen molar-refractivity contribution in [2.45, 2.75) is 37.0 Å². The quantitative estimate of drug-likeness (QED) is 0.388. The van der Waals surface area contributed by atoms with E-state index >= 15 is 0 Å². The highest BCUT2D eigenvalue weighted by Crippen LogP contribution is 2.44. The minimum Gasteiger partial charge on any atom is -0.352 e. The van der Waals surface area contributed by atoms with Crippen LogP contribution in [0.4, 0.5) is 5.69 Å². The van der Waals surface area contributed by atoms with E-state index in [1.54, 1.807) is 12.1 Å². The van der Waals surface area contributed by atoms with Crippen molar-refractivity contribution in [2.75, 3.05) is 18.5 Å². The molecule has 0 fully saturated rings. The zero-order valence-electron chi connectivity index (χ0n) is 21.5. The highest BCUT2D eigenvalue weighted by atomic mass is 32.2. The molecule has 0 saturated carbocycles. The predicted molar refractivity (Wildman–Crippen MR) is 149 cm³/mol. The summed E-state index contributed by atoms with van der Waals surface area (Å²) in [4.78, 5) is 30.5. The summed E-state index contributed by atoms with van der Waals surface area (Å²) < 4.78 is 25.1. The van der Waals surface area contributed by atoms with Gasteiger partial charge in [0.2, 0.25) is 15.9 Å². The zero-order valence-corrected chi connectivity index (χ0v) is 22.3. The van der Waals surface area contributed by atoms with Crippen molar-refractivity contribution < 1.29 is 18.0 Å². The Kier molecular flexibility index (Phi) is 6.16. The second kappa shape index (κ2) is 9.55. The normalized spacial score (nSPS) is 16.6. The maximum absolute atomic E-state index is 13.5. The maximum atomic E-state index is 13.5. The van der Waals surface area contributed by atoms with E-state index in [0.717, 1.165) is 34.3 Å². The third-order valence-electron chi connectivity index (χ3n) is 7.71. The molecule has 0 radical (unpaired) electrons. The van der Waals surface area contributed by atoms with Gasteiger partial charge in [-0.15, -0.1) is 0 Å². The second-order valence-corrected chi connectivity index (χ2v) is 11.6. The van der Waals surface area contributed by atoms with Crippen molar-refractivity contribution >= 4 is 38.4 Å². The molecule has 0 aliphatic carbocycles. The number of hydrogen-bond acceptors (Lipinski definition) is 5. The number of nitrogens with zero attached hydrogens (tertiary/aromatic N) is 3. The van der Waals surface area contributed by atoms with Gasteiger partial charge in [-0.3, -0.25) is 9.59 Å². The van der Waals surface area contributed by atoms with Crippen LogP contribution in [0.5, 0.6) is 0 Å². The largest absolute Gasteiger partial charge is 0.352 e. The molecule has 9 nitrogen and oxygen atoms in total. The summed E-state index contributed by atoms with van der Waals surface area (Å²) in [6.45, 7) is 1.37. The van der Waals surface area contributed by atoms with Crippen LogP contribution < -0.4 is 15.4 Å². The number of para-hydroxylation sites is 2. The Morgan fingerprint density at radius 2 is 1.74 bits per heavy atom. The van der Waals surface area contributed by atoms with Crippen LogP contribution in [0.3, 0.4) is 0 Å². The number of aryl methyl sites for hydroxylation is 1. The average molecular weight is 544 g/mol. The smallest absolute Gasteiger partial charge is 0.257 e. The third kappa shape index (κ3) is 4.35. The summed E-state index contributed by atoms with van der Waals surface area (Å²) >= 11 is 0. The van der Waals surface area contributed by atoms with E-state index in [1.165, 1.54) is 17.7 Å². The lowest BCUT2D eigenvalue weighted by Crippen LogP contribution is -2.51. The number of fused-ring (bicyclic) bond motifs is 6. The molecule has 200 valence electrons. The van der Waals surface area contributed by atoms with Gasteiger partial charge in [-0.25, -0.2) is 13.6 Å². The predicted octanol–water partition coefficient (Wildman–Crippen LogP) is 3.14. The topological polar surface area (TPSA) is 118 Å². The number of primary sulfonamides is 1. The Morgan fingerprint density at radius 3 is 2.51 bits per heavy atom. The van der Waals surface area contributed by atoms with Crippen LogP contribution in [-0.4, -0.2) is 43.3 Å². The lowest BCUT2D eigenvalue weighted by Gasteiger charge is -2.46. The number of carbonyl (C=O) groups is 2. The zero-order chi connectivity index (χ0) is 27.3. The molecule has 0 unspecified atom stereocenters. The number of carbonyl (C=O) groups excluding carboxylic acids is 2. The minimum absolute atomic E-state index is 0.0300. The van der Waals surface area contributed by atoms with Gasteiger partial charge in [0, 0.05) is 44.0 Å². The summed E-state index contributed by atoms with van der Waals surface area (Å²) in [5.74, 6) is -0.0921. The van der Waals surface area contributed by atoms with Crippen LogP contribution in [0.15, 0.2) is 77.7 Å². The molecule has 2 aliphatic heterocycles. The van der Waals surface area contributed by atoms with Crippen molar-refractivity contribution in [1.29, 1.82) is 0 Å². The molecule has 10 heteroatoms. The average Bonchev–Trinajstić information content (AvgIpc) is 3.26. The van der Waals surface area contributed by atoms with Crippen LogP contribution >= 0.6 is 0 Å². The summed E-state index contributed by atoms with van der Waals surface area (Å²) in [6.07, 6.45) is 0.743. The number of rotatable bonds is 6. The van der Waals surface area contributed by atoms with Gasteiger partial charge in [0.1, 0.15) is 6.17 Å². The lowest BCUT2D eigenvalue weighted by atomic mass is 9.96. The SMILES string of the molecule is CN1c2ccccc2C(=O)N2CCc3c(n(CCC(=O)NCc4ccc(S(N)(=O)=O)cc4)c4ccccc34)[C@@H]21. The molecule has 0 saturated heterocycles. The van der Waals surface area contributed by atoms with E-state index in [2.05, 4.69) is 26.9 Å². The highest BCUT2D eigenvalue weighted by molar-refractivity contribution is 7.89. The Labute approximate surface area is 226 Å². The first kappa shape index (κ1) is 25.1. The summed E-state index contributed by atoms with van der Waals surface area (Å²) in [5.41, 5.74) is 5.71. The summed E-state index contributed by atoms with van der Waals surface area (Å²) in [5, 5.41) is 9.24. The molecule has 0 spiro atoms. The first-order valence-corrected chi connectivity index (χ1v) is 14.4. The summed E-state index contributed by atoms with van der Waals surface area (Å²) in [6, 6.07) is 22.0. The number of nitrogens with two attached hydrogens (primary N) is 1. The van der Waals surface area contributed by atoms with Crippen LogP contribution in [0, 0.1) is 0 Å². The van der Waals surface area contributed by atoms with Gasteiger partial charge >= 0.3 is 0 Å². The molecule has 3 aromatic carbocycles. The van der Waals surface area contributed by atoms with E-state index in [-0.39, 0.29) is 35.8 Å². The van der Waals surface area contributed by atoms with Crippen LogP contribution in [0.2, 0.25) is 0 Å². The number of anilines is 1. The maximum Gasteiger partial charge on any atom is 0.257 e. The van der Waals surface area contributed by atoms with E-state index in [4.69, 9.17) is 5.14 Å². The highest BCUT2D eigenvalue weighted by Gasteiger charge is 2.42. The van der Waals surface area contributed by atoms with Gasteiger partial charge in [-0.1, -0.05) is 42.5 Å². The molecule has 1 aromatic heterocycles. The van der Waals surface area contributed by atoms with Crippen molar-refractivity contribution in [1.82, 2.24) is 14.8 Å². The molecular formula is C29H29N5O4S. The lowest BCUT2D eigenvalue weighted by molar-refractivity contribution is -0.121. The molecule has 2 aliphatic rings. The van der Waals surface area contributed by atoms with Gasteiger partial charge in [-0.2, -0.15) is 0 Å². The van der Waals surface area contributed by atoms with Crippen LogP contribution in [-0.2, 0) is 34.3 Å². The summed E-state index contributed by atoms with van der Waals surface area (Å²) in [7, 11) is -1.74. The van der Waals surface area contributed by atoms with E-state index in [9.17, 15) is 18.0 Å². The fourth-order valence-electron chi connectivity index (χ4n) is 5.85. The van der Waals surface area contributed by atoms with Gasteiger partial charge in [0.25, 0.3) is 5.91 Å².